The van der Waals surface area contributed by atoms with E-state index >= 15 is 0 Å². The number of fused-ring (bicyclic) bond motifs is 1. The van der Waals surface area contributed by atoms with E-state index in [9.17, 15) is 4.79 Å². The molecule has 4 N–H and O–H groups in total. The van der Waals surface area contributed by atoms with Gasteiger partial charge in [-0.2, -0.15) is 0 Å². The van der Waals surface area contributed by atoms with Crippen LogP contribution in [0.15, 0.2) is 24.3 Å². The molecule has 0 aliphatic rings. The number of carbonyl (C=O) groups is 1. The Bertz CT molecular complexity index is 609. The average Bonchev–Trinajstić information content (AvgIpc) is 2.88. The van der Waals surface area contributed by atoms with Crippen molar-refractivity contribution in [3.8, 4) is 0 Å². The normalized spacial score (nSPS) is 11.2. The Hall–Kier alpha value is -2.05. The van der Waals surface area contributed by atoms with Gasteiger partial charge in [0, 0.05) is 43.3 Å². The molecule has 1 heterocycles. The predicted octanol–water partition coefficient (Wildman–Crippen LogP) is 1.06. The third-order valence-corrected chi connectivity index (χ3v) is 3.35. The second-order valence-electron chi connectivity index (χ2n) is 5.08. The van der Waals surface area contributed by atoms with E-state index in [4.69, 9.17) is 10.5 Å². The number of ether oxygens (including phenoxy) is 1. The zero-order valence-electron chi connectivity index (χ0n) is 12.5. The molecule has 0 atom stereocenters. The number of likely N-dealkylation sites (N-methyl/N-ethyl adjacent to an activating group) is 1. The number of hydrogen-bond acceptors (Lipinski definition) is 4. The predicted molar refractivity (Wildman–Crippen MR) is 84.4 cm³/mol. The Kier molecular flexibility index (Phi) is 5.19. The first kappa shape index (κ1) is 15.3. The maximum absolute atomic E-state index is 12.1. The van der Waals surface area contributed by atoms with Gasteiger partial charge < -0.3 is 25.7 Å². The van der Waals surface area contributed by atoms with Crippen LogP contribution in [0.3, 0.4) is 0 Å². The molecule has 114 valence electrons. The number of aromatic amines is 1. The zero-order chi connectivity index (χ0) is 15.2. The SMILES string of the molecule is COCCN(C)CCNC(=O)c1cc2cc(N)ccc2[nH]1. The maximum Gasteiger partial charge on any atom is 0.267 e. The lowest BCUT2D eigenvalue weighted by Gasteiger charge is -2.15. The highest BCUT2D eigenvalue weighted by molar-refractivity contribution is 5.98. The summed E-state index contributed by atoms with van der Waals surface area (Å²) in [5, 5.41) is 3.84. The second-order valence-corrected chi connectivity index (χ2v) is 5.08. The van der Waals surface area contributed by atoms with Gasteiger partial charge in [0.1, 0.15) is 5.69 Å². The minimum Gasteiger partial charge on any atom is -0.399 e. The molecule has 0 spiro atoms. The van der Waals surface area contributed by atoms with Crippen molar-refractivity contribution in [2.75, 3.05) is 46.1 Å². The first-order valence-corrected chi connectivity index (χ1v) is 6.94. The topological polar surface area (TPSA) is 83.4 Å². The molecular weight excluding hydrogens is 268 g/mol. The van der Waals surface area contributed by atoms with Gasteiger partial charge in [-0.05, 0) is 31.3 Å². The summed E-state index contributed by atoms with van der Waals surface area (Å²) in [6.07, 6.45) is 0. The van der Waals surface area contributed by atoms with Crippen molar-refractivity contribution in [3.05, 3.63) is 30.0 Å². The molecule has 1 aromatic carbocycles. The van der Waals surface area contributed by atoms with Crippen molar-refractivity contribution < 1.29 is 9.53 Å². The summed E-state index contributed by atoms with van der Waals surface area (Å²) < 4.78 is 5.01. The molecule has 1 aromatic heterocycles. The van der Waals surface area contributed by atoms with Crippen LogP contribution >= 0.6 is 0 Å². The Balaban J connectivity index is 1.87. The molecule has 2 aromatic rings. The Morgan fingerprint density at radius 2 is 2.19 bits per heavy atom. The number of anilines is 1. The molecule has 2 rings (SSSR count). The van der Waals surface area contributed by atoms with E-state index in [2.05, 4.69) is 15.2 Å². The first-order valence-electron chi connectivity index (χ1n) is 6.94. The van der Waals surface area contributed by atoms with Gasteiger partial charge in [-0.3, -0.25) is 4.79 Å². The van der Waals surface area contributed by atoms with Crippen LogP contribution in [0, 0.1) is 0 Å². The quantitative estimate of drug-likeness (QED) is 0.666. The molecule has 0 bridgehead atoms. The minimum absolute atomic E-state index is 0.107. The van der Waals surface area contributed by atoms with Gasteiger partial charge in [0.2, 0.25) is 0 Å². The summed E-state index contributed by atoms with van der Waals surface area (Å²) in [4.78, 5) is 17.3. The number of benzene rings is 1. The number of nitrogens with zero attached hydrogens (tertiary/aromatic N) is 1. The average molecular weight is 290 g/mol. The fourth-order valence-corrected chi connectivity index (χ4v) is 2.09. The highest BCUT2D eigenvalue weighted by Crippen LogP contribution is 2.18. The first-order chi connectivity index (χ1) is 10.1. The van der Waals surface area contributed by atoms with E-state index in [-0.39, 0.29) is 5.91 Å². The van der Waals surface area contributed by atoms with Gasteiger partial charge in [0.25, 0.3) is 5.91 Å². The van der Waals surface area contributed by atoms with E-state index in [1.165, 1.54) is 0 Å². The van der Waals surface area contributed by atoms with E-state index in [1.807, 2.05) is 31.3 Å². The van der Waals surface area contributed by atoms with Crippen molar-refractivity contribution >= 4 is 22.5 Å². The van der Waals surface area contributed by atoms with E-state index < -0.39 is 0 Å². The molecule has 0 fully saturated rings. The van der Waals surface area contributed by atoms with Gasteiger partial charge in [-0.25, -0.2) is 0 Å². The number of nitrogens with two attached hydrogens (primary N) is 1. The van der Waals surface area contributed by atoms with Gasteiger partial charge in [0.05, 0.1) is 6.61 Å². The molecular formula is C15H22N4O2. The Morgan fingerprint density at radius 3 is 2.95 bits per heavy atom. The van der Waals surface area contributed by atoms with Crippen LogP contribution in [0.5, 0.6) is 0 Å². The Labute approximate surface area is 124 Å². The van der Waals surface area contributed by atoms with Crippen LogP contribution in [0.2, 0.25) is 0 Å². The molecule has 6 nitrogen and oxygen atoms in total. The molecule has 1 amide bonds. The van der Waals surface area contributed by atoms with Crippen LogP contribution in [-0.4, -0.2) is 56.2 Å². The van der Waals surface area contributed by atoms with Crippen molar-refractivity contribution in [1.82, 2.24) is 15.2 Å². The van der Waals surface area contributed by atoms with Crippen LogP contribution in [0.25, 0.3) is 10.9 Å². The molecule has 21 heavy (non-hydrogen) atoms. The molecule has 0 saturated heterocycles. The van der Waals surface area contributed by atoms with Crippen molar-refractivity contribution in [2.45, 2.75) is 0 Å². The summed E-state index contributed by atoms with van der Waals surface area (Å²) in [6, 6.07) is 7.35. The highest BCUT2D eigenvalue weighted by Gasteiger charge is 2.09. The zero-order valence-corrected chi connectivity index (χ0v) is 12.5. The van der Waals surface area contributed by atoms with Crippen molar-refractivity contribution in [3.63, 3.8) is 0 Å². The van der Waals surface area contributed by atoms with Crippen LogP contribution in [0.1, 0.15) is 10.5 Å². The number of carbonyl (C=O) groups excluding carboxylic acids is 1. The Morgan fingerprint density at radius 1 is 1.38 bits per heavy atom. The maximum atomic E-state index is 12.1. The molecule has 0 saturated carbocycles. The molecule has 0 unspecified atom stereocenters. The number of nitrogens with one attached hydrogen (secondary N) is 2. The summed E-state index contributed by atoms with van der Waals surface area (Å²) in [7, 11) is 3.68. The van der Waals surface area contributed by atoms with Crippen LogP contribution in [-0.2, 0) is 4.74 Å². The van der Waals surface area contributed by atoms with Crippen molar-refractivity contribution in [1.29, 1.82) is 0 Å². The van der Waals surface area contributed by atoms with Crippen molar-refractivity contribution in [2.24, 2.45) is 0 Å². The number of hydrogen-bond donors (Lipinski definition) is 3. The monoisotopic (exact) mass is 290 g/mol. The third-order valence-electron chi connectivity index (χ3n) is 3.35. The number of rotatable bonds is 7. The second kappa shape index (κ2) is 7.10. The fourth-order valence-electron chi connectivity index (χ4n) is 2.09. The number of H-pyrrole nitrogens is 1. The molecule has 0 radical (unpaired) electrons. The lowest BCUT2D eigenvalue weighted by Crippen LogP contribution is -2.34. The summed E-state index contributed by atoms with van der Waals surface area (Å²) in [5.74, 6) is -0.107. The van der Waals surface area contributed by atoms with E-state index in [0.717, 1.165) is 24.0 Å². The molecule has 0 aliphatic carbocycles. The van der Waals surface area contributed by atoms with Crippen LogP contribution in [0.4, 0.5) is 5.69 Å². The number of amides is 1. The van der Waals surface area contributed by atoms with E-state index in [0.29, 0.717) is 24.5 Å². The van der Waals surface area contributed by atoms with Gasteiger partial charge >= 0.3 is 0 Å². The largest absolute Gasteiger partial charge is 0.399 e. The lowest BCUT2D eigenvalue weighted by molar-refractivity contribution is 0.0943. The third kappa shape index (κ3) is 4.21. The smallest absolute Gasteiger partial charge is 0.267 e. The molecule has 6 heteroatoms. The minimum atomic E-state index is -0.107. The van der Waals surface area contributed by atoms with Gasteiger partial charge in [0.15, 0.2) is 0 Å². The summed E-state index contributed by atoms with van der Waals surface area (Å²) in [5.41, 5.74) is 7.88. The molecule has 0 aliphatic heterocycles. The lowest BCUT2D eigenvalue weighted by atomic mass is 10.2. The van der Waals surface area contributed by atoms with Gasteiger partial charge in [-0.1, -0.05) is 0 Å². The van der Waals surface area contributed by atoms with Crippen LogP contribution < -0.4 is 11.1 Å². The fraction of sp³-hybridized carbons (Fsp3) is 0.400. The standard InChI is InChI=1S/C15H22N4O2/c1-19(7-8-21-2)6-5-17-15(20)14-10-11-9-12(16)3-4-13(11)18-14/h3-4,9-10,18H,5-8,16H2,1-2H3,(H,17,20). The highest BCUT2D eigenvalue weighted by atomic mass is 16.5. The van der Waals surface area contributed by atoms with E-state index in [1.54, 1.807) is 7.11 Å². The number of nitrogen functional groups attached to an aromatic ring is 1. The number of methoxy groups -OCH3 is 1. The summed E-state index contributed by atoms with van der Waals surface area (Å²) >= 11 is 0. The van der Waals surface area contributed by atoms with Gasteiger partial charge in [-0.15, -0.1) is 0 Å². The summed E-state index contributed by atoms with van der Waals surface area (Å²) in [6.45, 7) is 2.91. The number of aromatic nitrogens is 1.